The molecule has 0 aliphatic carbocycles. The van der Waals surface area contributed by atoms with E-state index >= 15 is 0 Å². The van der Waals surface area contributed by atoms with Crippen molar-refractivity contribution in [2.75, 3.05) is 21.3 Å². The average Bonchev–Trinajstić information content (AvgIpc) is 2.60. The lowest BCUT2D eigenvalue weighted by atomic mass is 10.1. The summed E-state index contributed by atoms with van der Waals surface area (Å²) in [6.07, 6.45) is 0.288. The van der Waals surface area contributed by atoms with Crippen LogP contribution >= 0.6 is 0 Å². The Bertz CT molecular complexity index is 653. The van der Waals surface area contributed by atoms with E-state index in [1.54, 1.807) is 27.4 Å². The Hall–Kier alpha value is -2.69. The van der Waals surface area contributed by atoms with Crippen LogP contribution in [0.1, 0.15) is 11.1 Å². The van der Waals surface area contributed by atoms with Gasteiger partial charge in [-0.05, 0) is 35.4 Å². The van der Waals surface area contributed by atoms with Gasteiger partial charge in [0.05, 0.1) is 27.8 Å². The molecule has 0 atom stereocenters. The highest BCUT2D eigenvalue weighted by atomic mass is 16.5. The first-order chi connectivity index (χ1) is 11.2. The molecule has 23 heavy (non-hydrogen) atoms. The van der Waals surface area contributed by atoms with E-state index in [4.69, 9.17) is 14.2 Å². The average molecular weight is 315 g/mol. The van der Waals surface area contributed by atoms with Crippen LogP contribution in [0.25, 0.3) is 0 Å². The number of hydrogen-bond donors (Lipinski definition) is 1. The first-order valence-corrected chi connectivity index (χ1v) is 7.26. The van der Waals surface area contributed by atoms with Crippen LogP contribution < -0.4 is 19.5 Å². The van der Waals surface area contributed by atoms with Crippen LogP contribution in [0.2, 0.25) is 0 Å². The molecule has 0 unspecified atom stereocenters. The Morgan fingerprint density at radius 1 is 0.870 bits per heavy atom. The molecule has 0 saturated carbocycles. The third-order valence-corrected chi connectivity index (χ3v) is 3.46. The molecule has 5 nitrogen and oxygen atoms in total. The predicted molar refractivity (Wildman–Crippen MR) is 88.1 cm³/mol. The molecule has 0 radical (unpaired) electrons. The van der Waals surface area contributed by atoms with Crippen molar-refractivity contribution in [1.29, 1.82) is 0 Å². The lowest BCUT2D eigenvalue weighted by Crippen LogP contribution is -2.24. The van der Waals surface area contributed by atoms with E-state index in [1.165, 1.54) is 0 Å². The van der Waals surface area contributed by atoms with Gasteiger partial charge in [0.25, 0.3) is 0 Å². The van der Waals surface area contributed by atoms with Crippen LogP contribution in [-0.2, 0) is 17.8 Å². The second-order valence-corrected chi connectivity index (χ2v) is 4.99. The van der Waals surface area contributed by atoms with Crippen LogP contribution in [0.4, 0.5) is 0 Å². The quantitative estimate of drug-likeness (QED) is 0.853. The second kappa shape index (κ2) is 8.08. The minimum absolute atomic E-state index is 0.0481. The molecule has 2 rings (SSSR count). The van der Waals surface area contributed by atoms with E-state index < -0.39 is 0 Å². The van der Waals surface area contributed by atoms with Gasteiger partial charge in [0.15, 0.2) is 11.5 Å². The molecule has 0 aliphatic rings. The lowest BCUT2D eigenvalue weighted by molar-refractivity contribution is -0.120. The first kappa shape index (κ1) is 16.7. The molecule has 122 valence electrons. The van der Waals surface area contributed by atoms with E-state index in [-0.39, 0.29) is 12.3 Å². The molecule has 0 bridgehead atoms. The maximum Gasteiger partial charge on any atom is 0.224 e. The Kier molecular flexibility index (Phi) is 5.86. The number of amides is 1. The molecule has 0 fully saturated rings. The molecule has 2 aromatic carbocycles. The Balaban J connectivity index is 1.91. The van der Waals surface area contributed by atoms with Gasteiger partial charge in [-0.3, -0.25) is 4.79 Å². The number of methoxy groups -OCH3 is 3. The zero-order valence-corrected chi connectivity index (χ0v) is 13.6. The second-order valence-electron chi connectivity index (χ2n) is 4.99. The molecule has 5 heteroatoms. The number of hydrogen-bond acceptors (Lipinski definition) is 4. The summed E-state index contributed by atoms with van der Waals surface area (Å²) >= 11 is 0. The third kappa shape index (κ3) is 4.64. The van der Waals surface area contributed by atoms with Crippen molar-refractivity contribution in [3.8, 4) is 17.2 Å². The van der Waals surface area contributed by atoms with Crippen molar-refractivity contribution in [2.24, 2.45) is 0 Å². The summed E-state index contributed by atoms with van der Waals surface area (Å²) in [5.74, 6) is 2.02. The van der Waals surface area contributed by atoms with E-state index in [0.717, 1.165) is 16.9 Å². The summed E-state index contributed by atoms with van der Waals surface area (Å²) in [6, 6.07) is 13.1. The summed E-state index contributed by atoms with van der Waals surface area (Å²) in [4.78, 5) is 12.1. The van der Waals surface area contributed by atoms with Gasteiger partial charge in [0, 0.05) is 6.54 Å². The fraction of sp³-hybridized carbons (Fsp3) is 0.278. The van der Waals surface area contributed by atoms with Crippen molar-refractivity contribution in [3.63, 3.8) is 0 Å². The monoisotopic (exact) mass is 315 g/mol. The summed E-state index contributed by atoms with van der Waals surface area (Å²) in [6.45, 7) is 0.482. The van der Waals surface area contributed by atoms with Crippen LogP contribution in [0.15, 0.2) is 42.5 Å². The van der Waals surface area contributed by atoms with Gasteiger partial charge in [-0.2, -0.15) is 0 Å². The van der Waals surface area contributed by atoms with E-state index in [0.29, 0.717) is 18.0 Å². The number of benzene rings is 2. The zero-order chi connectivity index (χ0) is 16.7. The van der Waals surface area contributed by atoms with Gasteiger partial charge in [0.2, 0.25) is 5.91 Å². The molecule has 0 aliphatic heterocycles. The normalized spacial score (nSPS) is 10.0. The van der Waals surface area contributed by atoms with Crippen molar-refractivity contribution < 1.29 is 19.0 Å². The smallest absolute Gasteiger partial charge is 0.224 e. The van der Waals surface area contributed by atoms with Crippen molar-refractivity contribution in [1.82, 2.24) is 5.32 Å². The number of carbonyl (C=O) groups is 1. The fourth-order valence-corrected chi connectivity index (χ4v) is 2.18. The van der Waals surface area contributed by atoms with Crippen molar-refractivity contribution >= 4 is 5.91 Å². The minimum Gasteiger partial charge on any atom is -0.497 e. The molecular formula is C18H21NO4. The van der Waals surface area contributed by atoms with Gasteiger partial charge in [-0.15, -0.1) is 0 Å². The Morgan fingerprint density at radius 2 is 1.52 bits per heavy atom. The molecule has 0 spiro atoms. The largest absolute Gasteiger partial charge is 0.497 e. The third-order valence-electron chi connectivity index (χ3n) is 3.46. The van der Waals surface area contributed by atoms with Gasteiger partial charge >= 0.3 is 0 Å². The number of rotatable bonds is 7. The number of carbonyl (C=O) groups excluding carboxylic acids is 1. The highest BCUT2D eigenvalue weighted by Gasteiger charge is 2.08. The van der Waals surface area contributed by atoms with Crippen LogP contribution in [0, 0.1) is 0 Å². The molecule has 2 aromatic rings. The Labute approximate surface area is 136 Å². The summed E-state index contributed by atoms with van der Waals surface area (Å²) in [5, 5.41) is 2.90. The molecule has 0 saturated heterocycles. The summed E-state index contributed by atoms with van der Waals surface area (Å²) in [7, 11) is 4.78. The van der Waals surface area contributed by atoms with Crippen LogP contribution in [0.5, 0.6) is 17.2 Å². The molecule has 0 heterocycles. The standard InChI is InChI=1S/C18H21NO4/c1-21-15-7-4-13(5-8-15)12-19-18(20)11-14-6-9-16(22-2)17(10-14)23-3/h4-10H,11-12H2,1-3H3,(H,19,20). The molecule has 1 N–H and O–H groups in total. The molecule has 0 aromatic heterocycles. The number of ether oxygens (including phenoxy) is 3. The lowest BCUT2D eigenvalue weighted by Gasteiger charge is -2.10. The van der Waals surface area contributed by atoms with Crippen molar-refractivity contribution in [2.45, 2.75) is 13.0 Å². The van der Waals surface area contributed by atoms with E-state index in [1.807, 2.05) is 36.4 Å². The maximum atomic E-state index is 12.1. The fourth-order valence-electron chi connectivity index (χ4n) is 2.18. The van der Waals surface area contributed by atoms with Gasteiger partial charge in [0.1, 0.15) is 5.75 Å². The van der Waals surface area contributed by atoms with E-state index in [2.05, 4.69) is 5.32 Å². The van der Waals surface area contributed by atoms with Crippen molar-refractivity contribution in [3.05, 3.63) is 53.6 Å². The maximum absolute atomic E-state index is 12.1. The first-order valence-electron chi connectivity index (χ1n) is 7.26. The number of nitrogens with one attached hydrogen (secondary N) is 1. The topological polar surface area (TPSA) is 56.8 Å². The SMILES string of the molecule is COc1ccc(CNC(=O)Cc2ccc(OC)c(OC)c2)cc1. The van der Waals surface area contributed by atoms with Crippen LogP contribution in [0.3, 0.4) is 0 Å². The summed E-state index contributed by atoms with van der Waals surface area (Å²) < 4.78 is 15.5. The van der Waals surface area contributed by atoms with Gasteiger partial charge in [-0.25, -0.2) is 0 Å². The van der Waals surface area contributed by atoms with Gasteiger partial charge < -0.3 is 19.5 Å². The predicted octanol–water partition coefficient (Wildman–Crippen LogP) is 2.57. The van der Waals surface area contributed by atoms with Crippen LogP contribution in [-0.4, -0.2) is 27.2 Å². The highest BCUT2D eigenvalue weighted by Crippen LogP contribution is 2.27. The Morgan fingerprint density at radius 3 is 2.13 bits per heavy atom. The van der Waals surface area contributed by atoms with Gasteiger partial charge in [-0.1, -0.05) is 18.2 Å². The molecular weight excluding hydrogens is 294 g/mol. The highest BCUT2D eigenvalue weighted by molar-refractivity contribution is 5.78. The zero-order valence-electron chi connectivity index (χ0n) is 13.6. The van der Waals surface area contributed by atoms with E-state index in [9.17, 15) is 4.79 Å². The molecule has 1 amide bonds. The summed E-state index contributed by atoms with van der Waals surface area (Å²) in [5.41, 5.74) is 1.89. The minimum atomic E-state index is -0.0481.